The Labute approximate surface area is 161 Å². The van der Waals surface area contributed by atoms with E-state index in [0.29, 0.717) is 33.8 Å². The Hall–Kier alpha value is -3.80. The van der Waals surface area contributed by atoms with Crippen LogP contribution in [0.2, 0.25) is 0 Å². The van der Waals surface area contributed by atoms with Crippen LogP contribution in [0.5, 0.6) is 0 Å². The molecule has 0 aliphatic carbocycles. The van der Waals surface area contributed by atoms with Gasteiger partial charge in [0, 0.05) is 11.9 Å². The summed E-state index contributed by atoms with van der Waals surface area (Å²) < 4.78 is 0. The summed E-state index contributed by atoms with van der Waals surface area (Å²) in [5, 5.41) is 2.78. The molecule has 0 bridgehead atoms. The van der Waals surface area contributed by atoms with Gasteiger partial charge in [0.05, 0.1) is 16.8 Å². The number of fused-ring (bicyclic) bond motifs is 1. The third-order valence-corrected chi connectivity index (χ3v) is 4.72. The Morgan fingerprint density at radius 2 is 1.75 bits per heavy atom. The van der Waals surface area contributed by atoms with E-state index < -0.39 is 0 Å². The summed E-state index contributed by atoms with van der Waals surface area (Å²) in [7, 11) is 0. The van der Waals surface area contributed by atoms with Crippen LogP contribution in [0.25, 0.3) is 0 Å². The first-order valence-corrected chi connectivity index (χ1v) is 8.79. The van der Waals surface area contributed by atoms with Crippen molar-refractivity contribution in [2.45, 2.75) is 13.8 Å². The second-order valence-corrected chi connectivity index (χ2v) is 6.61. The van der Waals surface area contributed by atoms with Crippen LogP contribution in [-0.2, 0) is 0 Å². The van der Waals surface area contributed by atoms with E-state index in [1.165, 1.54) is 4.90 Å². The molecule has 0 radical (unpaired) electrons. The van der Waals surface area contributed by atoms with Gasteiger partial charge in [-0.3, -0.25) is 19.4 Å². The van der Waals surface area contributed by atoms with Gasteiger partial charge in [0.1, 0.15) is 5.69 Å². The maximum absolute atomic E-state index is 12.9. The molecule has 0 fully saturated rings. The topological polar surface area (TPSA) is 79.4 Å². The molecule has 6 heteroatoms. The van der Waals surface area contributed by atoms with E-state index in [9.17, 15) is 14.4 Å². The summed E-state index contributed by atoms with van der Waals surface area (Å²) in [5.74, 6) is -0.993. The Morgan fingerprint density at radius 3 is 2.43 bits per heavy atom. The Morgan fingerprint density at radius 1 is 0.929 bits per heavy atom. The van der Waals surface area contributed by atoms with Crippen molar-refractivity contribution in [2.24, 2.45) is 0 Å². The lowest BCUT2D eigenvalue weighted by Crippen LogP contribution is -2.30. The van der Waals surface area contributed by atoms with E-state index in [-0.39, 0.29) is 17.7 Å². The van der Waals surface area contributed by atoms with Crippen molar-refractivity contribution < 1.29 is 14.4 Å². The summed E-state index contributed by atoms with van der Waals surface area (Å²) in [4.78, 5) is 43.1. The van der Waals surface area contributed by atoms with Crippen LogP contribution in [0.4, 0.5) is 11.4 Å². The number of aromatic nitrogens is 1. The van der Waals surface area contributed by atoms with Gasteiger partial charge in [-0.1, -0.05) is 18.2 Å². The van der Waals surface area contributed by atoms with Crippen LogP contribution in [0, 0.1) is 13.8 Å². The van der Waals surface area contributed by atoms with Gasteiger partial charge in [-0.05, 0) is 61.4 Å². The molecule has 6 nitrogen and oxygen atoms in total. The van der Waals surface area contributed by atoms with E-state index in [1.807, 2.05) is 13.0 Å². The largest absolute Gasteiger partial charge is 0.321 e. The van der Waals surface area contributed by atoms with Gasteiger partial charge in [-0.25, -0.2) is 4.90 Å². The molecule has 1 N–H and O–H groups in total. The van der Waals surface area contributed by atoms with E-state index >= 15 is 0 Å². The highest BCUT2D eigenvalue weighted by Crippen LogP contribution is 2.33. The van der Waals surface area contributed by atoms with Crippen molar-refractivity contribution in [3.05, 3.63) is 88.7 Å². The number of benzene rings is 2. The second kappa shape index (κ2) is 6.74. The van der Waals surface area contributed by atoms with Crippen molar-refractivity contribution in [3.63, 3.8) is 0 Å². The predicted molar refractivity (Wildman–Crippen MR) is 106 cm³/mol. The molecule has 4 rings (SSSR count). The average molecular weight is 371 g/mol. The Balaban J connectivity index is 1.63. The van der Waals surface area contributed by atoms with Crippen molar-refractivity contribution in [1.29, 1.82) is 0 Å². The molecule has 2 heterocycles. The van der Waals surface area contributed by atoms with Gasteiger partial charge < -0.3 is 5.32 Å². The SMILES string of the molecule is Cc1cc(NC(=O)c2ccccn2)ccc1N1C(=O)c2cccc(C)c2C1=O. The lowest BCUT2D eigenvalue weighted by Gasteiger charge is -2.17. The number of hydrogen-bond acceptors (Lipinski definition) is 4. The molecule has 28 heavy (non-hydrogen) atoms. The third kappa shape index (κ3) is 2.85. The molecule has 1 aromatic heterocycles. The van der Waals surface area contributed by atoms with Gasteiger partial charge in [0.15, 0.2) is 0 Å². The molecular weight excluding hydrogens is 354 g/mol. The summed E-state index contributed by atoms with van der Waals surface area (Å²) in [5.41, 5.74) is 3.70. The van der Waals surface area contributed by atoms with E-state index in [0.717, 1.165) is 5.56 Å². The molecule has 138 valence electrons. The quantitative estimate of drug-likeness (QED) is 0.711. The van der Waals surface area contributed by atoms with E-state index in [1.54, 1.807) is 61.7 Å². The summed E-state index contributed by atoms with van der Waals surface area (Å²) in [6.07, 6.45) is 1.55. The maximum Gasteiger partial charge on any atom is 0.274 e. The van der Waals surface area contributed by atoms with Crippen molar-refractivity contribution in [3.8, 4) is 0 Å². The number of carbonyl (C=O) groups is 3. The molecule has 2 aromatic carbocycles. The van der Waals surface area contributed by atoms with Gasteiger partial charge in [0.2, 0.25) is 0 Å². The Kier molecular flexibility index (Phi) is 4.24. The number of hydrogen-bond donors (Lipinski definition) is 1. The molecule has 0 spiro atoms. The van der Waals surface area contributed by atoms with Gasteiger partial charge in [-0.2, -0.15) is 0 Å². The second-order valence-electron chi connectivity index (χ2n) is 6.61. The lowest BCUT2D eigenvalue weighted by molar-refractivity contribution is 0.0924. The first kappa shape index (κ1) is 17.6. The molecule has 0 atom stereocenters. The maximum atomic E-state index is 12.9. The van der Waals surface area contributed by atoms with Gasteiger partial charge >= 0.3 is 0 Å². The minimum absolute atomic E-state index is 0.306. The highest BCUT2D eigenvalue weighted by Gasteiger charge is 2.38. The van der Waals surface area contributed by atoms with Gasteiger partial charge in [0.25, 0.3) is 17.7 Å². The molecule has 1 aliphatic rings. The van der Waals surface area contributed by atoms with Crippen molar-refractivity contribution in [1.82, 2.24) is 4.98 Å². The predicted octanol–water partition coefficient (Wildman–Crippen LogP) is 3.75. The third-order valence-electron chi connectivity index (χ3n) is 4.72. The number of pyridine rings is 1. The minimum Gasteiger partial charge on any atom is -0.321 e. The number of imide groups is 1. The molecular formula is C22H17N3O3. The van der Waals surface area contributed by atoms with Crippen LogP contribution >= 0.6 is 0 Å². The summed E-state index contributed by atoms with van der Waals surface area (Å²) in [6, 6.07) is 15.4. The number of nitrogens with zero attached hydrogens (tertiary/aromatic N) is 2. The van der Waals surface area contributed by atoms with E-state index in [4.69, 9.17) is 0 Å². The van der Waals surface area contributed by atoms with Crippen LogP contribution in [0.1, 0.15) is 42.3 Å². The zero-order valence-corrected chi connectivity index (χ0v) is 15.4. The fraction of sp³-hybridized carbons (Fsp3) is 0.0909. The zero-order valence-electron chi connectivity index (χ0n) is 15.4. The average Bonchev–Trinajstić information content (AvgIpc) is 2.94. The highest BCUT2D eigenvalue weighted by molar-refractivity contribution is 6.35. The minimum atomic E-state index is -0.336. The number of aryl methyl sites for hydroxylation is 2. The van der Waals surface area contributed by atoms with Crippen molar-refractivity contribution >= 4 is 29.1 Å². The molecule has 3 aromatic rings. The number of anilines is 2. The first-order valence-electron chi connectivity index (χ1n) is 8.79. The molecule has 0 saturated carbocycles. The molecule has 0 saturated heterocycles. The fourth-order valence-corrected chi connectivity index (χ4v) is 3.35. The smallest absolute Gasteiger partial charge is 0.274 e. The number of nitrogens with one attached hydrogen (secondary N) is 1. The Bertz CT molecular complexity index is 1120. The molecule has 0 unspecified atom stereocenters. The number of amides is 3. The lowest BCUT2D eigenvalue weighted by atomic mass is 10.0. The monoisotopic (exact) mass is 371 g/mol. The van der Waals surface area contributed by atoms with Crippen LogP contribution < -0.4 is 10.2 Å². The van der Waals surface area contributed by atoms with Crippen LogP contribution in [0.3, 0.4) is 0 Å². The van der Waals surface area contributed by atoms with E-state index in [2.05, 4.69) is 10.3 Å². The normalized spacial score (nSPS) is 12.9. The van der Waals surface area contributed by atoms with Crippen molar-refractivity contribution in [2.75, 3.05) is 10.2 Å². The van der Waals surface area contributed by atoms with Crippen LogP contribution in [-0.4, -0.2) is 22.7 Å². The fourth-order valence-electron chi connectivity index (χ4n) is 3.35. The molecule has 3 amide bonds. The number of rotatable bonds is 3. The van der Waals surface area contributed by atoms with Crippen LogP contribution in [0.15, 0.2) is 60.8 Å². The zero-order chi connectivity index (χ0) is 19.8. The summed E-state index contributed by atoms with van der Waals surface area (Å²) >= 11 is 0. The molecule has 1 aliphatic heterocycles. The number of carbonyl (C=O) groups excluding carboxylic acids is 3. The van der Waals surface area contributed by atoms with Gasteiger partial charge in [-0.15, -0.1) is 0 Å². The summed E-state index contributed by atoms with van der Waals surface area (Å²) in [6.45, 7) is 3.61. The highest BCUT2D eigenvalue weighted by atomic mass is 16.2. The standard InChI is InChI=1S/C22H17N3O3/c1-13-6-5-7-16-19(13)22(28)25(21(16)27)18-10-9-15(12-14(18)2)24-20(26)17-8-3-4-11-23-17/h3-12H,1-2H3,(H,24,26). The first-order chi connectivity index (χ1) is 13.5.